The van der Waals surface area contributed by atoms with Crippen LogP contribution in [0.2, 0.25) is 5.02 Å². The van der Waals surface area contributed by atoms with Crippen LogP contribution in [0.3, 0.4) is 0 Å². The van der Waals surface area contributed by atoms with E-state index in [-0.39, 0.29) is 18.2 Å². The van der Waals surface area contributed by atoms with Gasteiger partial charge in [-0.15, -0.1) is 0 Å². The summed E-state index contributed by atoms with van der Waals surface area (Å²) in [4.78, 5) is 39.6. The first-order valence-electron chi connectivity index (χ1n) is 8.19. The summed E-state index contributed by atoms with van der Waals surface area (Å²) in [6.45, 7) is 1.57. The van der Waals surface area contributed by atoms with Gasteiger partial charge in [0.1, 0.15) is 0 Å². The van der Waals surface area contributed by atoms with Crippen molar-refractivity contribution in [2.24, 2.45) is 0 Å². The number of carbonyl (C=O) groups is 3. The van der Waals surface area contributed by atoms with E-state index in [0.29, 0.717) is 31.2 Å². The monoisotopic (exact) mass is 375 g/mol. The third-order valence-electron chi connectivity index (χ3n) is 4.15. The molecule has 0 spiro atoms. The summed E-state index contributed by atoms with van der Waals surface area (Å²) in [6, 6.07) is 10.3. The molecule has 0 saturated carbocycles. The highest BCUT2D eigenvalue weighted by Crippen LogP contribution is 2.11. The lowest BCUT2D eigenvalue weighted by Crippen LogP contribution is -2.53. The van der Waals surface area contributed by atoms with E-state index < -0.39 is 11.8 Å². The first-order chi connectivity index (χ1) is 12.5. The molecule has 8 heteroatoms. The van der Waals surface area contributed by atoms with E-state index in [1.165, 1.54) is 11.2 Å². The minimum atomic E-state index is -0.661. The van der Waals surface area contributed by atoms with E-state index in [9.17, 15) is 14.4 Å². The highest BCUT2D eigenvalue weighted by atomic mass is 35.5. The molecule has 26 heavy (non-hydrogen) atoms. The van der Waals surface area contributed by atoms with Gasteiger partial charge in [0.15, 0.2) is 5.76 Å². The topological polar surface area (TPSA) is 82.9 Å². The van der Waals surface area contributed by atoms with Crippen molar-refractivity contribution in [2.45, 2.75) is 6.54 Å². The van der Waals surface area contributed by atoms with Gasteiger partial charge in [0.05, 0.1) is 6.26 Å². The molecule has 3 rings (SSSR count). The molecule has 1 aliphatic rings. The molecule has 3 amide bonds. The molecule has 0 aliphatic carbocycles. The standard InChI is InChI=1S/C18H18ClN3O4/c19-14-5-3-13(4-6-14)12-20-16(23)18(25)22-9-7-21(8-10-22)17(24)15-2-1-11-26-15/h1-6,11H,7-10,12H2,(H,20,23). The lowest BCUT2D eigenvalue weighted by atomic mass is 10.2. The Morgan fingerprint density at radius 1 is 1.00 bits per heavy atom. The Morgan fingerprint density at radius 3 is 2.27 bits per heavy atom. The third-order valence-corrected chi connectivity index (χ3v) is 4.40. The zero-order chi connectivity index (χ0) is 18.5. The summed E-state index contributed by atoms with van der Waals surface area (Å²) >= 11 is 5.81. The molecule has 1 N–H and O–H groups in total. The molecule has 2 aromatic rings. The van der Waals surface area contributed by atoms with Crippen molar-refractivity contribution < 1.29 is 18.8 Å². The Labute approximate surface area is 155 Å². The highest BCUT2D eigenvalue weighted by molar-refractivity contribution is 6.35. The highest BCUT2D eigenvalue weighted by Gasteiger charge is 2.28. The fourth-order valence-corrected chi connectivity index (χ4v) is 2.80. The van der Waals surface area contributed by atoms with Crippen molar-refractivity contribution in [1.29, 1.82) is 0 Å². The van der Waals surface area contributed by atoms with Crippen LogP contribution in [0.1, 0.15) is 16.1 Å². The minimum Gasteiger partial charge on any atom is -0.459 e. The maximum atomic E-state index is 12.2. The van der Waals surface area contributed by atoms with E-state index in [2.05, 4.69) is 5.32 Å². The maximum Gasteiger partial charge on any atom is 0.312 e. The summed E-state index contributed by atoms with van der Waals surface area (Å²) in [7, 11) is 0. The van der Waals surface area contributed by atoms with E-state index in [1.807, 2.05) is 0 Å². The van der Waals surface area contributed by atoms with Crippen LogP contribution in [-0.4, -0.2) is 53.7 Å². The van der Waals surface area contributed by atoms with Crippen LogP contribution in [0.25, 0.3) is 0 Å². The fourth-order valence-electron chi connectivity index (χ4n) is 2.67. The first-order valence-corrected chi connectivity index (χ1v) is 8.57. The number of piperazine rings is 1. The second kappa shape index (κ2) is 8.05. The van der Waals surface area contributed by atoms with Crippen LogP contribution in [0.15, 0.2) is 47.1 Å². The number of nitrogens with zero attached hydrogens (tertiary/aromatic N) is 2. The van der Waals surface area contributed by atoms with Gasteiger partial charge in [0, 0.05) is 37.7 Å². The molecule has 0 atom stereocenters. The Bertz CT molecular complexity index is 781. The number of rotatable bonds is 3. The van der Waals surface area contributed by atoms with Crippen LogP contribution in [0.4, 0.5) is 0 Å². The Hall–Kier alpha value is -2.80. The maximum absolute atomic E-state index is 12.2. The Kier molecular flexibility index (Phi) is 5.58. The second-order valence-electron chi connectivity index (χ2n) is 5.87. The minimum absolute atomic E-state index is 0.214. The van der Waals surface area contributed by atoms with Crippen molar-refractivity contribution in [3.05, 3.63) is 59.0 Å². The summed E-state index contributed by atoms with van der Waals surface area (Å²) in [6.07, 6.45) is 1.44. The van der Waals surface area contributed by atoms with E-state index in [0.717, 1.165) is 5.56 Å². The zero-order valence-corrected chi connectivity index (χ0v) is 14.7. The van der Waals surface area contributed by atoms with Crippen molar-refractivity contribution in [3.63, 3.8) is 0 Å². The lowest BCUT2D eigenvalue weighted by molar-refractivity contribution is -0.146. The molecule has 0 unspecified atom stereocenters. The molecule has 2 heterocycles. The van der Waals surface area contributed by atoms with Crippen LogP contribution in [0.5, 0.6) is 0 Å². The number of halogens is 1. The normalized spacial score (nSPS) is 14.2. The number of carbonyl (C=O) groups excluding carboxylic acids is 3. The molecular weight excluding hydrogens is 358 g/mol. The molecule has 7 nitrogen and oxygen atoms in total. The lowest BCUT2D eigenvalue weighted by Gasteiger charge is -2.33. The number of amides is 3. The van der Waals surface area contributed by atoms with Gasteiger partial charge in [-0.25, -0.2) is 0 Å². The van der Waals surface area contributed by atoms with Gasteiger partial charge in [-0.05, 0) is 29.8 Å². The van der Waals surface area contributed by atoms with Gasteiger partial charge in [0.2, 0.25) is 0 Å². The summed E-state index contributed by atoms with van der Waals surface area (Å²) < 4.78 is 5.10. The third kappa shape index (κ3) is 4.23. The molecule has 1 saturated heterocycles. The molecule has 136 valence electrons. The van der Waals surface area contributed by atoms with Crippen LogP contribution >= 0.6 is 11.6 Å². The van der Waals surface area contributed by atoms with Crippen molar-refractivity contribution in [3.8, 4) is 0 Å². The van der Waals surface area contributed by atoms with Crippen molar-refractivity contribution in [1.82, 2.24) is 15.1 Å². The number of benzene rings is 1. The zero-order valence-electron chi connectivity index (χ0n) is 14.0. The summed E-state index contributed by atoms with van der Waals surface area (Å²) in [5, 5.41) is 3.21. The van der Waals surface area contributed by atoms with Gasteiger partial charge in [-0.1, -0.05) is 23.7 Å². The summed E-state index contributed by atoms with van der Waals surface area (Å²) in [5.74, 6) is -1.20. The largest absolute Gasteiger partial charge is 0.459 e. The van der Waals surface area contributed by atoms with Crippen LogP contribution in [0, 0.1) is 0 Å². The Morgan fingerprint density at radius 2 is 1.65 bits per heavy atom. The fraction of sp³-hybridized carbons (Fsp3) is 0.278. The average molecular weight is 376 g/mol. The van der Waals surface area contributed by atoms with E-state index in [1.54, 1.807) is 41.3 Å². The summed E-state index contributed by atoms with van der Waals surface area (Å²) in [5.41, 5.74) is 0.851. The van der Waals surface area contributed by atoms with Gasteiger partial charge >= 0.3 is 11.8 Å². The van der Waals surface area contributed by atoms with Crippen molar-refractivity contribution in [2.75, 3.05) is 26.2 Å². The van der Waals surface area contributed by atoms with E-state index >= 15 is 0 Å². The average Bonchev–Trinajstić information content (AvgIpc) is 3.21. The number of furan rings is 1. The van der Waals surface area contributed by atoms with Crippen LogP contribution < -0.4 is 5.32 Å². The quantitative estimate of drug-likeness (QED) is 0.825. The predicted molar refractivity (Wildman–Crippen MR) is 94.5 cm³/mol. The van der Waals surface area contributed by atoms with Gasteiger partial charge < -0.3 is 19.5 Å². The molecule has 1 aromatic carbocycles. The number of hydrogen-bond acceptors (Lipinski definition) is 4. The number of nitrogens with one attached hydrogen (secondary N) is 1. The Balaban J connectivity index is 1.47. The SMILES string of the molecule is O=C(NCc1ccc(Cl)cc1)C(=O)N1CCN(C(=O)c2ccco2)CC1. The molecular formula is C18H18ClN3O4. The van der Waals surface area contributed by atoms with Gasteiger partial charge in [0.25, 0.3) is 5.91 Å². The predicted octanol–water partition coefficient (Wildman–Crippen LogP) is 1.53. The smallest absolute Gasteiger partial charge is 0.312 e. The molecule has 0 bridgehead atoms. The van der Waals surface area contributed by atoms with Crippen molar-refractivity contribution >= 4 is 29.3 Å². The van der Waals surface area contributed by atoms with E-state index in [4.69, 9.17) is 16.0 Å². The molecule has 1 aromatic heterocycles. The van der Waals surface area contributed by atoms with Crippen LogP contribution in [-0.2, 0) is 16.1 Å². The second-order valence-corrected chi connectivity index (χ2v) is 6.31. The number of hydrogen-bond donors (Lipinski definition) is 1. The molecule has 1 fully saturated rings. The van der Waals surface area contributed by atoms with Gasteiger partial charge in [-0.3, -0.25) is 14.4 Å². The molecule has 0 radical (unpaired) electrons. The molecule has 1 aliphatic heterocycles. The first kappa shape index (κ1) is 18.0. The van der Waals surface area contributed by atoms with Gasteiger partial charge in [-0.2, -0.15) is 0 Å².